The van der Waals surface area contributed by atoms with E-state index in [0.29, 0.717) is 12.2 Å². The molecule has 3 N–H and O–H groups in total. The number of fused-ring (bicyclic) bond motifs is 1. The molecule has 1 saturated carbocycles. The average Bonchev–Trinajstić information content (AvgIpc) is 3.23. The lowest BCUT2D eigenvalue weighted by atomic mass is 9.64. The van der Waals surface area contributed by atoms with Crippen molar-refractivity contribution in [2.75, 3.05) is 23.3 Å². The zero-order valence-corrected chi connectivity index (χ0v) is 18.0. The summed E-state index contributed by atoms with van der Waals surface area (Å²) in [6, 6.07) is 6.91. The molecule has 158 valence electrons. The number of amides is 3. The Labute approximate surface area is 180 Å². The molecule has 3 aliphatic rings. The molecular weight excluding hydrogens is 398 g/mol. The van der Waals surface area contributed by atoms with Crippen LogP contribution in [0, 0.1) is 6.92 Å². The highest BCUT2D eigenvalue weighted by atomic mass is 32.1. The summed E-state index contributed by atoms with van der Waals surface area (Å²) >= 11 is 1.67. The number of nitrogens with zero attached hydrogens (tertiary/aromatic N) is 3. The Morgan fingerprint density at radius 2 is 2.00 bits per heavy atom. The van der Waals surface area contributed by atoms with Crippen LogP contribution in [-0.4, -0.2) is 47.0 Å². The van der Waals surface area contributed by atoms with Gasteiger partial charge >= 0.3 is 6.03 Å². The third-order valence-electron chi connectivity index (χ3n) is 6.84. The molecule has 3 fully saturated rings. The number of nitrogens with two attached hydrogens (primary N) is 1. The van der Waals surface area contributed by atoms with Crippen molar-refractivity contribution < 1.29 is 9.59 Å². The van der Waals surface area contributed by atoms with E-state index >= 15 is 0 Å². The van der Waals surface area contributed by atoms with Gasteiger partial charge in [0, 0.05) is 35.6 Å². The largest absolute Gasteiger partial charge is 0.361 e. The van der Waals surface area contributed by atoms with Crippen LogP contribution in [0.5, 0.6) is 0 Å². The standard InChI is InChI=1S/C22H27N5O2S/c1-14-12-24-20(30-14)25-13-22(9-3-10-22)15-5-7-16(8-6-15)27-19(28)18-17(23)4-2-11-26(18)21(27)29/h5-8,12,17-18H,2-4,9-11,13,23H2,1H3,(H,24,25)/t17-,18+/m1/s1. The molecule has 0 radical (unpaired) electrons. The summed E-state index contributed by atoms with van der Waals surface area (Å²) < 4.78 is 0. The third kappa shape index (κ3) is 3.09. The van der Waals surface area contributed by atoms with Gasteiger partial charge in [0.1, 0.15) is 6.04 Å². The van der Waals surface area contributed by atoms with Crippen LogP contribution in [-0.2, 0) is 10.2 Å². The number of anilines is 2. The molecule has 7 nitrogen and oxygen atoms in total. The lowest BCUT2D eigenvalue weighted by molar-refractivity contribution is -0.120. The molecular formula is C22H27N5O2S. The van der Waals surface area contributed by atoms with Gasteiger partial charge in [0.05, 0.1) is 5.69 Å². The topological polar surface area (TPSA) is 91.6 Å². The second-order valence-corrected chi connectivity index (χ2v) is 9.95. The van der Waals surface area contributed by atoms with Crippen molar-refractivity contribution in [3.05, 3.63) is 40.9 Å². The normalized spacial score (nSPS) is 25.3. The Morgan fingerprint density at radius 1 is 1.23 bits per heavy atom. The van der Waals surface area contributed by atoms with E-state index in [1.54, 1.807) is 16.2 Å². The Hall–Kier alpha value is -2.45. The van der Waals surface area contributed by atoms with E-state index in [0.717, 1.165) is 37.4 Å². The number of aromatic nitrogens is 1. The minimum Gasteiger partial charge on any atom is -0.361 e. The molecule has 3 amide bonds. The molecule has 1 aromatic heterocycles. The highest BCUT2D eigenvalue weighted by Crippen LogP contribution is 2.44. The van der Waals surface area contributed by atoms with E-state index in [2.05, 4.69) is 29.4 Å². The van der Waals surface area contributed by atoms with Gasteiger partial charge in [-0.3, -0.25) is 4.79 Å². The Balaban J connectivity index is 1.35. The molecule has 1 aliphatic carbocycles. The van der Waals surface area contributed by atoms with Gasteiger partial charge in [-0.2, -0.15) is 0 Å². The summed E-state index contributed by atoms with van der Waals surface area (Å²) in [6.07, 6.45) is 6.96. The van der Waals surface area contributed by atoms with Gasteiger partial charge in [0.2, 0.25) is 0 Å². The first-order chi connectivity index (χ1) is 14.5. The number of thiazole rings is 1. The molecule has 0 spiro atoms. The van der Waals surface area contributed by atoms with Crippen LogP contribution in [0.3, 0.4) is 0 Å². The number of rotatable bonds is 5. The second-order valence-electron chi connectivity index (χ2n) is 8.71. The van der Waals surface area contributed by atoms with Crippen molar-refractivity contribution in [1.29, 1.82) is 0 Å². The van der Waals surface area contributed by atoms with Crippen molar-refractivity contribution in [2.24, 2.45) is 5.73 Å². The molecule has 8 heteroatoms. The van der Waals surface area contributed by atoms with Crippen molar-refractivity contribution in [1.82, 2.24) is 9.88 Å². The summed E-state index contributed by atoms with van der Waals surface area (Å²) in [7, 11) is 0. The number of nitrogens with one attached hydrogen (secondary N) is 1. The number of hydrogen-bond acceptors (Lipinski definition) is 6. The fourth-order valence-electron chi connectivity index (χ4n) is 4.97. The summed E-state index contributed by atoms with van der Waals surface area (Å²) in [4.78, 5) is 34.4. The summed E-state index contributed by atoms with van der Waals surface area (Å²) in [5.74, 6) is -0.195. The zero-order valence-electron chi connectivity index (χ0n) is 17.1. The first-order valence-corrected chi connectivity index (χ1v) is 11.5. The number of benzene rings is 1. The summed E-state index contributed by atoms with van der Waals surface area (Å²) in [5, 5.41) is 4.45. The van der Waals surface area contributed by atoms with Crippen LogP contribution in [0.25, 0.3) is 0 Å². The molecule has 3 heterocycles. The summed E-state index contributed by atoms with van der Waals surface area (Å²) in [6.45, 7) is 3.50. The van der Waals surface area contributed by atoms with Crippen LogP contribution in [0.1, 0.15) is 42.5 Å². The highest BCUT2D eigenvalue weighted by molar-refractivity contribution is 7.15. The number of urea groups is 1. The van der Waals surface area contributed by atoms with Gasteiger partial charge in [-0.25, -0.2) is 14.7 Å². The van der Waals surface area contributed by atoms with Crippen LogP contribution in [0.4, 0.5) is 15.6 Å². The smallest absolute Gasteiger partial charge is 0.332 e. The molecule has 0 bridgehead atoms. The molecule has 2 aliphatic heterocycles. The predicted molar refractivity (Wildman–Crippen MR) is 118 cm³/mol. The van der Waals surface area contributed by atoms with Crippen molar-refractivity contribution in [3.63, 3.8) is 0 Å². The van der Waals surface area contributed by atoms with Crippen LogP contribution >= 0.6 is 11.3 Å². The average molecular weight is 426 g/mol. The molecule has 1 aromatic carbocycles. The van der Waals surface area contributed by atoms with Crippen molar-refractivity contribution >= 4 is 34.1 Å². The van der Waals surface area contributed by atoms with Crippen LogP contribution in [0.15, 0.2) is 30.5 Å². The lowest BCUT2D eigenvalue weighted by Gasteiger charge is -2.42. The van der Waals surface area contributed by atoms with E-state index in [1.165, 1.54) is 21.8 Å². The molecule has 5 rings (SSSR count). The minimum absolute atomic E-state index is 0.0803. The Bertz CT molecular complexity index is 968. The monoisotopic (exact) mass is 425 g/mol. The van der Waals surface area contributed by atoms with Crippen molar-refractivity contribution in [2.45, 2.75) is 56.5 Å². The lowest BCUT2D eigenvalue weighted by Crippen LogP contribution is -2.52. The fraction of sp³-hybridized carbons (Fsp3) is 0.500. The fourth-order valence-corrected chi connectivity index (χ4v) is 5.63. The van der Waals surface area contributed by atoms with Crippen LogP contribution in [0.2, 0.25) is 0 Å². The molecule has 0 unspecified atom stereocenters. The van der Waals surface area contributed by atoms with E-state index in [4.69, 9.17) is 5.73 Å². The Kier molecular flexibility index (Phi) is 4.78. The number of piperidine rings is 1. The van der Waals surface area contributed by atoms with Crippen molar-refractivity contribution in [3.8, 4) is 0 Å². The van der Waals surface area contributed by atoms with Gasteiger partial charge in [-0.05, 0) is 50.3 Å². The SMILES string of the molecule is Cc1cnc(NCC2(c3ccc(N4C(=O)[C@@H]5[C@H](N)CCCN5C4=O)cc3)CCC2)s1. The molecule has 2 aromatic rings. The Morgan fingerprint density at radius 3 is 2.60 bits per heavy atom. The first-order valence-electron chi connectivity index (χ1n) is 10.7. The van der Waals surface area contributed by atoms with Crippen LogP contribution < -0.4 is 16.0 Å². The molecule has 30 heavy (non-hydrogen) atoms. The zero-order chi connectivity index (χ0) is 20.9. The van der Waals surface area contributed by atoms with Gasteiger partial charge in [0.25, 0.3) is 5.91 Å². The highest BCUT2D eigenvalue weighted by Gasteiger charge is 2.50. The first kappa shape index (κ1) is 19.5. The van der Waals surface area contributed by atoms with E-state index in [-0.39, 0.29) is 23.4 Å². The summed E-state index contributed by atoms with van der Waals surface area (Å²) in [5.41, 5.74) is 8.11. The molecule has 2 saturated heterocycles. The van der Waals surface area contributed by atoms with Gasteiger partial charge in [-0.1, -0.05) is 18.6 Å². The maximum Gasteiger partial charge on any atom is 0.332 e. The maximum absolute atomic E-state index is 12.9. The quantitative estimate of drug-likeness (QED) is 0.718. The number of carbonyl (C=O) groups excluding carboxylic acids is 2. The number of aryl methyl sites for hydroxylation is 1. The van der Waals surface area contributed by atoms with Gasteiger partial charge in [0.15, 0.2) is 5.13 Å². The van der Waals surface area contributed by atoms with Gasteiger partial charge in [-0.15, -0.1) is 11.3 Å². The minimum atomic E-state index is -0.519. The molecule has 2 atom stereocenters. The van der Waals surface area contributed by atoms with E-state index < -0.39 is 6.04 Å². The van der Waals surface area contributed by atoms with E-state index in [1.807, 2.05) is 18.3 Å². The van der Waals surface area contributed by atoms with E-state index in [9.17, 15) is 9.59 Å². The van der Waals surface area contributed by atoms with Gasteiger partial charge < -0.3 is 16.0 Å². The number of hydrogen-bond donors (Lipinski definition) is 2. The number of imide groups is 1. The predicted octanol–water partition coefficient (Wildman–Crippen LogP) is 3.24. The maximum atomic E-state index is 12.9. The third-order valence-corrected chi connectivity index (χ3v) is 7.71. The second kappa shape index (κ2) is 7.35. The number of carbonyl (C=O) groups is 2.